The first kappa shape index (κ1) is 14.4. The summed E-state index contributed by atoms with van der Waals surface area (Å²) in [6, 6.07) is 8.84. The van der Waals surface area contributed by atoms with Gasteiger partial charge in [-0.1, -0.05) is 19.1 Å². The normalized spacial score (nSPS) is 22.6. The van der Waals surface area contributed by atoms with Crippen LogP contribution in [0, 0.1) is 0 Å². The van der Waals surface area contributed by atoms with Gasteiger partial charge in [0, 0.05) is 19.7 Å². The molecule has 2 atom stereocenters. The van der Waals surface area contributed by atoms with E-state index < -0.39 is 0 Å². The van der Waals surface area contributed by atoms with Crippen molar-refractivity contribution in [3.8, 4) is 5.75 Å². The number of methoxy groups -OCH3 is 1. The van der Waals surface area contributed by atoms with Crippen LogP contribution in [0.4, 0.5) is 0 Å². The first-order valence-corrected chi connectivity index (χ1v) is 7.31. The standard InChI is InChI=1S/C16H25NO2/c1-3-10-19-14-7-4-6-13(11-14)12-17-15-8-5-9-16(15)18-2/h4,6-7,11,15-17H,3,5,8-10,12H2,1-2H3. The molecule has 0 bridgehead atoms. The molecule has 1 aliphatic rings. The summed E-state index contributed by atoms with van der Waals surface area (Å²) >= 11 is 0. The predicted molar refractivity (Wildman–Crippen MR) is 77.5 cm³/mol. The lowest BCUT2D eigenvalue weighted by atomic mass is 10.1. The van der Waals surface area contributed by atoms with Crippen LogP contribution in [0.2, 0.25) is 0 Å². The molecule has 1 aliphatic carbocycles. The van der Waals surface area contributed by atoms with Crippen LogP contribution in [-0.4, -0.2) is 25.9 Å². The molecule has 2 rings (SSSR count). The molecular weight excluding hydrogens is 238 g/mol. The van der Waals surface area contributed by atoms with Crippen LogP contribution < -0.4 is 10.1 Å². The SMILES string of the molecule is CCCOc1cccc(CNC2CCCC2OC)c1. The first-order chi connectivity index (χ1) is 9.33. The van der Waals surface area contributed by atoms with E-state index in [0.717, 1.165) is 25.3 Å². The molecule has 1 aromatic rings. The first-order valence-electron chi connectivity index (χ1n) is 7.31. The highest BCUT2D eigenvalue weighted by molar-refractivity contribution is 5.28. The molecular formula is C16H25NO2. The van der Waals surface area contributed by atoms with Crippen LogP contribution in [0.25, 0.3) is 0 Å². The van der Waals surface area contributed by atoms with Crippen molar-refractivity contribution in [1.82, 2.24) is 5.32 Å². The second-order valence-electron chi connectivity index (χ2n) is 5.19. The van der Waals surface area contributed by atoms with Crippen molar-refractivity contribution in [1.29, 1.82) is 0 Å². The molecule has 3 heteroatoms. The van der Waals surface area contributed by atoms with Crippen molar-refractivity contribution in [3.05, 3.63) is 29.8 Å². The van der Waals surface area contributed by atoms with Gasteiger partial charge >= 0.3 is 0 Å². The largest absolute Gasteiger partial charge is 0.494 e. The van der Waals surface area contributed by atoms with Gasteiger partial charge in [-0.2, -0.15) is 0 Å². The summed E-state index contributed by atoms with van der Waals surface area (Å²) in [5.41, 5.74) is 1.27. The summed E-state index contributed by atoms with van der Waals surface area (Å²) in [6.45, 7) is 3.79. The van der Waals surface area contributed by atoms with Crippen LogP contribution in [0.5, 0.6) is 5.75 Å². The van der Waals surface area contributed by atoms with E-state index in [-0.39, 0.29) is 0 Å². The Hall–Kier alpha value is -1.06. The maximum atomic E-state index is 5.66. The van der Waals surface area contributed by atoms with Gasteiger partial charge in [0.25, 0.3) is 0 Å². The Kier molecular flexibility index (Phi) is 5.67. The van der Waals surface area contributed by atoms with Crippen LogP contribution >= 0.6 is 0 Å². The van der Waals surface area contributed by atoms with Crippen LogP contribution in [0.3, 0.4) is 0 Å². The molecule has 0 heterocycles. The Balaban J connectivity index is 1.85. The van der Waals surface area contributed by atoms with Gasteiger partial charge in [0.15, 0.2) is 0 Å². The highest BCUT2D eigenvalue weighted by atomic mass is 16.5. The molecule has 1 saturated carbocycles. The Bertz CT molecular complexity index is 381. The maximum Gasteiger partial charge on any atom is 0.119 e. The van der Waals surface area contributed by atoms with Crippen molar-refractivity contribution in [2.24, 2.45) is 0 Å². The minimum absolute atomic E-state index is 0.375. The Morgan fingerprint density at radius 2 is 2.21 bits per heavy atom. The average Bonchev–Trinajstić information content (AvgIpc) is 2.91. The molecule has 1 aromatic carbocycles. The van der Waals surface area contributed by atoms with Crippen molar-refractivity contribution >= 4 is 0 Å². The number of ether oxygens (including phenoxy) is 2. The van der Waals surface area contributed by atoms with Gasteiger partial charge in [0.05, 0.1) is 12.7 Å². The fourth-order valence-corrected chi connectivity index (χ4v) is 2.66. The number of hydrogen-bond donors (Lipinski definition) is 1. The van der Waals surface area contributed by atoms with Crippen molar-refractivity contribution in [2.45, 2.75) is 51.3 Å². The number of nitrogens with one attached hydrogen (secondary N) is 1. The van der Waals surface area contributed by atoms with Crippen molar-refractivity contribution < 1.29 is 9.47 Å². The Morgan fingerprint density at radius 1 is 1.32 bits per heavy atom. The second-order valence-corrected chi connectivity index (χ2v) is 5.19. The van der Waals surface area contributed by atoms with Gasteiger partial charge in [0.1, 0.15) is 5.75 Å². The fraction of sp³-hybridized carbons (Fsp3) is 0.625. The third kappa shape index (κ3) is 4.22. The third-order valence-corrected chi connectivity index (χ3v) is 3.69. The monoisotopic (exact) mass is 263 g/mol. The Labute approximate surface area is 116 Å². The maximum absolute atomic E-state index is 5.66. The van der Waals surface area contributed by atoms with Crippen LogP contribution in [-0.2, 0) is 11.3 Å². The molecule has 3 nitrogen and oxygen atoms in total. The highest BCUT2D eigenvalue weighted by Crippen LogP contribution is 2.22. The molecule has 0 saturated heterocycles. The minimum Gasteiger partial charge on any atom is -0.494 e. The lowest BCUT2D eigenvalue weighted by molar-refractivity contribution is 0.0847. The molecule has 106 valence electrons. The van der Waals surface area contributed by atoms with Gasteiger partial charge < -0.3 is 14.8 Å². The summed E-state index contributed by atoms with van der Waals surface area (Å²) in [5, 5.41) is 3.60. The predicted octanol–water partition coefficient (Wildman–Crippen LogP) is 3.13. The van der Waals surface area contributed by atoms with E-state index >= 15 is 0 Å². The molecule has 1 N–H and O–H groups in total. The number of rotatable bonds is 7. The van der Waals surface area contributed by atoms with Crippen LogP contribution in [0.15, 0.2) is 24.3 Å². The van der Waals surface area contributed by atoms with Gasteiger partial charge in [0.2, 0.25) is 0 Å². The average molecular weight is 263 g/mol. The van der Waals surface area contributed by atoms with E-state index in [1.54, 1.807) is 0 Å². The number of benzene rings is 1. The van der Waals surface area contributed by atoms with E-state index in [1.165, 1.54) is 24.8 Å². The summed E-state index contributed by atoms with van der Waals surface area (Å²) < 4.78 is 11.2. The zero-order valence-electron chi connectivity index (χ0n) is 12.0. The van der Waals surface area contributed by atoms with E-state index in [9.17, 15) is 0 Å². The van der Waals surface area contributed by atoms with Gasteiger partial charge in [-0.3, -0.25) is 0 Å². The zero-order valence-corrected chi connectivity index (χ0v) is 12.0. The summed E-state index contributed by atoms with van der Waals surface area (Å²) in [5.74, 6) is 0.968. The third-order valence-electron chi connectivity index (χ3n) is 3.69. The topological polar surface area (TPSA) is 30.5 Å². The summed E-state index contributed by atoms with van der Waals surface area (Å²) in [6.07, 6.45) is 5.06. The zero-order chi connectivity index (χ0) is 13.5. The molecule has 0 aromatic heterocycles. The molecule has 2 unspecified atom stereocenters. The van der Waals surface area contributed by atoms with Gasteiger partial charge in [-0.25, -0.2) is 0 Å². The van der Waals surface area contributed by atoms with Gasteiger partial charge in [-0.15, -0.1) is 0 Å². The minimum atomic E-state index is 0.375. The molecule has 0 aliphatic heterocycles. The highest BCUT2D eigenvalue weighted by Gasteiger charge is 2.26. The van der Waals surface area contributed by atoms with E-state index in [0.29, 0.717) is 12.1 Å². The fourth-order valence-electron chi connectivity index (χ4n) is 2.66. The van der Waals surface area contributed by atoms with E-state index in [4.69, 9.17) is 9.47 Å². The quantitative estimate of drug-likeness (QED) is 0.820. The van der Waals surface area contributed by atoms with Gasteiger partial charge in [-0.05, 0) is 43.4 Å². The Morgan fingerprint density at radius 3 is 3.00 bits per heavy atom. The smallest absolute Gasteiger partial charge is 0.119 e. The number of hydrogen-bond acceptors (Lipinski definition) is 3. The molecule has 19 heavy (non-hydrogen) atoms. The van der Waals surface area contributed by atoms with Crippen LogP contribution in [0.1, 0.15) is 38.2 Å². The molecule has 0 spiro atoms. The van der Waals surface area contributed by atoms with Crippen molar-refractivity contribution in [2.75, 3.05) is 13.7 Å². The summed E-state index contributed by atoms with van der Waals surface area (Å²) in [7, 11) is 1.81. The van der Waals surface area contributed by atoms with E-state index in [2.05, 4.69) is 30.4 Å². The summed E-state index contributed by atoms with van der Waals surface area (Å²) in [4.78, 5) is 0. The molecule has 0 radical (unpaired) electrons. The lowest BCUT2D eigenvalue weighted by Crippen LogP contribution is -2.36. The van der Waals surface area contributed by atoms with Crippen molar-refractivity contribution in [3.63, 3.8) is 0 Å². The molecule has 1 fully saturated rings. The second kappa shape index (κ2) is 7.51. The van der Waals surface area contributed by atoms with E-state index in [1.807, 2.05) is 13.2 Å². The molecule has 0 amide bonds. The lowest BCUT2D eigenvalue weighted by Gasteiger charge is -2.19.